The molecule has 0 amide bonds. The number of nitriles is 1. The fraction of sp³-hybridized carbons (Fsp3) is 0.500. The van der Waals surface area contributed by atoms with E-state index in [0.717, 1.165) is 37.9 Å². The largest absolute Gasteiger partial charge is 0.420 e. The fourth-order valence-electron chi connectivity index (χ4n) is 3.41. The van der Waals surface area contributed by atoms with Gasteiger partial charge in [-0.15, -0.1) is 0 Å². The molecule has 0 saturated heterocycles. The predicted molar refractivity (Wildman–Crippen MR) is 96.5 cm³/mol. The minimum atomic E-state index is -4.81. The van der Waals surface area contributed by atoms with Gasteiger partial charge in [-0.3, -0.25) is 9.67 Å². The highest BCUT2D eigenvalue weighted by molar-refractivity contribution is 5.58. The Labute approximate surface area is 164 Å². The molecule has 1 unspecified atom stereocenters. The lowest BCUT2D eigenvalue weighted by atomic mass is 9.85. The number of nitrogens with two attached hydrogens (primary N) is 1. The van der Waals surface area contributed by atoms with E-state index in [1.54, 1.807) is 10.9 Å². The fourth-order valence-corrected chi connectivity index (χ4v) is 3.41. The average Bonchev–Trinajstić information content (AvgIpc) is 3.11. The summed E-state index contributed by atoms with van der Waals surface area (Å²) in [7, 11) is 0. The third kappa shape index (κ3) is 4.67. The van der Waals surface area contributed by atoms with Crippen LogP contribution < -0.4 is 11.1 Å². The van der Waals surface area contributed by atoms with Crippen molar-refractivity contribution in [3.63, 3.8) is 0 Å². The van der Waals surface area contributed by atoms with E-state index in [1.165, 1.54) is 6.07 Å². The topological polar surface area (TPSA) is 133 Å². The van der Waals surface area contributed by atoms with Gasteiger partial charge in [0.25, 0.3) is 0 Å². The molecule has 1 saturated carbocycles. The molecule has 0 aromatic carbocycles. The van der Waals surface area contributed by atoms with Gasteiger partial charge in [-0.2, -0.15) is 23.5 Å². The zero-order valence-corrected chi connectivity index (χ0v) is 15.3. The number of aliphatic hydroxyl groups is 2. The second-order valence-corrected chi connectivity index (χ2v) is 6.99. The molecule has 1 aliphatic rings. The second kappa shape index (κ2) is 8.36. The van der Waals surface area contributed by atoms with Gasteiger partial charge in [0, 0.05) is 6.20 Å². The van der Waals surface area contributed by atoms with E-state index in [9.17, 15) is 28.6 Å². The Bertz CT molecular complexity index is 875. The molecule has 3 rings (SSSR count). The molecule has 156 valence electrons. The van der Waals surface area contributed by atoms with Crippen molar-refractivity contribution in [1.82, 2.24) is 14.8 Å². The zero-order chi connectivity index (χ0) is 21.2. The summed E-state index contributed by atoms with van der Waals surface area (Å²) in [6.07, 6.45) is -2.68. The van der Waals surface area contributed by atoms with Crippen LogP contribution in [0.5, 0.6) is 0 Å². The van der Waals surface area contributed by atoms with Crippen LogP contribution in [0, 0.1) is 17.2 Å². The third-order valence-corrected chi connectivity index (χ3v) is 4.95. The van der Waals surface area contributed by atoms with Crippen LogP contribution >= 0.6 is 0 Å². The molecule has 29 heavy (non-hydrogen) atoms. The van der Waals surface area contributed by atoms with Gasteiger partial charge in [-0.05, 0) is 25.0 Å². The molecule has 4 atom stereocenters. The number of halogens is 3. The maximum atomic E-state index is 12.6. The van der Waals surface area contributed by atoms with Crippen molar-refractivity contribution in [2.24, 2.45) is 11.7 Å². The van der Waals surface area contributed by atoms with Crippen molar-refractivity contribution in [3.8, 4) is 6.07 Å². The maximum Gasteiger partial charge on any atom is 0.420 e. The van der Waals surface area contributed by atoms with Gasteiger partial charge >= 0.3 is 6.18 Å². The minimum absolute atomic E-state index is 0.149. The van der Waals surface area contributed by atoms with Gasteiger partial charge in [-0.1, -0.05) is 12.8 Å². The number of hydrogen-bond acceptors (Lipinski definition) is 7. The summed E-state index contributed by atoms with van der Waals surface area (Å²) < 4.78 is 39.4. The van der Waals surface area contributed by atoms with Crippen LogP contribution in [0.25, 0.3) is 0 Å². The van der Waals surface area contributed by atoms with Gasteiger partial charge in [0.15, 0.2) is 11.9 Å². The van der Waals surface area contributed by atoms with Gasteiger partial charge in [0.1, 0.15) is 6.23 Å². The lowest BCUT2D eigenvalue weighted by molar-refractivity contribution is -0.207. The molecule has 0 aliphatic heterocycles. The monoisotopic (exact) mass is 410 g/mol. The average molecular weight is 410 g/mol. The Balaban J connectivity index is 1.83. The first-order valence-electron chi connectivity index (χ1n) is 9.10. The summed E-state index contributed by atoms with van der Waals surface area (Å²) in [6.45, 7) is 0. The van der Waals surface area contributed by atoms with Crippen LogP contribution in [-0.2, 0) is 0 Å². The molecular weight excluding hydrogens is 389 g/mol. The van der Waals surface area contributed by atoms with Gasteiger partial charge in [-0.25, -0.2) is 0 Å². The van der Waals surface area contributed by atoms with Crippen LogP contribution in [0.3, 0.4) is 0 Å². The van der Waals surface area contributed by atoms with E-state index < -0.39 is 24.2 Å². The standard InChI is InChI=1S/C18H21F3N6O2/c19-18(20,21)15(28)13-6-5-11(8-24-13)25-17-12(16(23)29)9-27(26-17)14-4-2-1-3-10(14)7-22/h5-6,8-10,14-16,28-29H,1-4,23H2,(H,25,26)/t10-,14+,15+,16?/m1/s1. The lowest BCUT2D eigenvalue weighted by Gasteiger charge is -2.26. The van der Waals surface area contributed by atoms with Crippen molar-refractivity contribution in [1.29, 1.82) is 5.26 Å². The molecule has 5 N–H and O–H groups in total. The molecule has 2 aromatic heterocycles. The third-order valence-electron chi connectivity index (χ3n) is 4.95. The summed E-state index contributed by atoms with van der Waals surface area (Å²) in [6, 6.07) is 4.49. The number of pyridine rings is 1. The van der Waals surface area contributed by atoms with Crippen molar-refractivity contribution in [2.45, 2.75) is 50.2 Å². The lowest BCUT2D eigenvalue weighted by Crippen LogP contribution is -2.22. The highest BCUT2D eigenvalue weighted by Crippen LogP contribution is 2.35. The summed E-state index contributed by atoms with van der Waals surface area (Å²) in [5.74, 6) is 0.0113. The molecule has 0 bridgehead atoms. The van der Waals surface area contributed by atoms with Crippen LogP contribution in [0.2, 0.25) is 0 Å². The molecular formula is C18H21F3N6O2. The number of nitrogens with one attached hydrogen (secondary N) is 1. The van der Waals surface area contributed by atoms with Crippen molar-refractivity contribution in [2.75, 3.05) is 5.32 Å². The second-order valence-electron chi connectivity index (χ2n) is 6.99. The first-order valence-corrected chi connectivity index (χ1v) is 9.10. The van der Waals surface area contributed by atoms with Gasteiger partial charge in [0.2, 0.25) is 0 Å². The number of rotatable bonds is 5. The molecule has 0 spiro atoms. The van der Waals surface area contributed by atoms with Crippen molar-refractivity contribution < 1.29 is 23.4 Å². The highest BCUT2D eigenvalue weighted by Gasteiger charge is 2.40. The normalized spacial score (nSPS) is 22.0. The number of anilines is 2. The number of alkyl halides is 3. The molecule has 1 aliphatic carbocycles. The molecule has 8 nitrogen and oxygen atoms in total. The van der Waals surface area contributed by atoms with Crippen LogP contribution in [0.15, 0.2) is 24.5 Å². The first-order chi connectivity index (χ1) is 13.7. The van der Waals surface area contributed by atoms with Gasteiger partial charge < -0.3 is 21.3 Å². The quantitative estimate of drug-likeness (QED) is 0.557. The van der Waals surface area contributed by atoms with Crippen LogP contribution in [0.1, 0.15) is 55.3 Å². The number of hydrogen-bond donors (Lipinski definition) is 4. The van der Waals surface area contributed by atoms with Crippen molar-refractivity contribution >= 4 is 11.5 Å². The van der Waals surface area contributed by atoms with Crippen molar-refractivity contribution in [3.05, 3.63) is 35.8 Å². The van der Waals surface area contributed by atoms with Crippen LogP contribution in [-0.4, -0.2) is 31.2 Å². The van der Waals surface area contributed by atoms with E-state index in [4.69, 9.17) is 5.73 Å². The summed E-state index contributed by atoms with van der Waals surface area (Å²) in [5, 5.41) is 35.8. The summed E-state index contributed by atoms with van der Waals surface area (Å²) in [4.78, 5) is 3.63. The molecule has 2 aromatic rings. The molecule has 1 fully saturated rings. The SMILES string of the molecule is N#C[C@H]1CCCC[C@@H]1n1cc(C(N)O)c(Nc2ccc([C@H](O)C(F)(F)F)nc2)n1. The van der Waals surface area contributed by atoms with E-state index in [0.29, 0.717) is 5.69 Å². The Kier molecular flexibility index (Phi) is 6.07. The Morgan fingerprint density at radius 1 is 1.28 bits per heavy atom. The van der Waals surface area contributed by atoms with E-state index in [2.05, 4.69) is 21.5 Å². The van der Waals surface area contributed by atoms with E-state index >= 15 is 0 Å². The number of aromatic nitrogens is 3. The van der Waals surface area contributed by atoms with E-state index in [-0.39, 0.29) is 23.3 Å². The van der Waals surface area contributed by atoms with E-state index in [1.807, 2.05) is 0 Å². The molecule has 11 heteroatoms. The summed E-state index contributed by atoms with van der Waals surface area (Å²) in [5.41, 5.74) is 5.66. The van der Waals surface area contributed by atoms with Gasteiger partial charge in [0.05, 0.1) is 41.2 Å². The molecule has 0 radical (unpaired) electrons. The van der Waals surface area contributed by atoms with Crippen LogP contribution in [0.4, 0.5) is 24.7 Å². The molecule has 2 heterocycles. The maximum absolute atomic E-state index is 12.6. The summed E-state index contributed by atoms with van der Waals surface area (Å²) >= 11 is 0. The highest BCUT2D eigenvalue weighted by atomic mass is 19.4. The number of nitrogens with zero attached hydrogens (tertiary/aromatic N) is 4. The minimum Gasteiger partial charge on any atom is -0.378 e. The zero-order valence-electron chi connectivity index (χ0n) is 15.3. The Morgan fingerprint density at radius 2 is 2.00 bits per heavy atom. The Hall–Kier alpha value is -2.68. The Morgan fingerprint density at radius 3 is 2.59 bits per heavy atom. The number of aliphatic hydroxyl groups excluding tert-OH is 2. The smallest absolute Gasteiger partial charge is 0.378 e. The predicted octanol–water partition coefficient (Wildman–Crippen LogP) is 2.82. The first kappa shape index (κ1) is 21.0.